The van der Waals surface area contributed by atoms with Gasteiger partial charge in [-0.1, -0.05) is 17.4 Å². The van der Waals surface area contributed by atoms with Crippen LogP contribution in [0.5, 0.6) is 5.75 Å². The van der Waals surface area contributed by atoms with Crippen LogP contribution in [0.1, 0.15) is 26.4 Å². The van der Waals surface area contributed by atoms with Crippen LogP contribution in [0.4, 0.5) is 25.4 Å². The van der Waals surface area contributed by atoms with E-state index in [0.29, 0.717) is 32.6 Å². The summed E-state index contributed by atoms with van der Waals surface area (Å²) in [5.41, 5.74) is 2.64. The fraction of sp³-hybridized carbons (Fsp3) is 0.278. The second kappa shape index (κ2) is 7.93. The standard InChI is InChI=1S/C18H19F2N5O2S/c1-9-4-5-12(26)11(3)15(9)22-17(27)13-6-21-18(28-13)23-16-10(2)7-25(24-16)8-14(19)20/h4-7,14,26H,8H2,1-3H3,(H,22,27)(H,21,23,24). The Morgan fingerprint density at radius 2 is 2.04 bits per heavy atom. The lowest BCUT2D eigenvalue weighted by Crippen LogP contribution is -2.12. The van der Waals surface area contributed by atoms with E-state index in [0.717, 1.165) is 21.6 Å². The molecule has 3 aromatic rings. The number of thiazole rings is 1. The number of benzene rings is 1. The van der Waals surface area contributed by atoms with E-state index in [1.807, 2.05) is 6.92 Å². The van der Waals surface area contributed by atoms with Crippen LogP contribution in [0.2, 0.25) is 0 Å². The van der Waals surface area contributed by atoms with Gasteiger partial charge in [0, 0.05) is 17.3 Å². The number of alkyl halides is 2. The molecule has 0 radical (unpaired) electrons. The van der Waals surface area contributed by atoms with Gasteiger partial charge in [0.2, 0.25) is 0 Å². The van der Waals surface area contributed by atoms with Gasteiger partial charge in [0.25, 0.3) is 12.3 Å². The van der Waals surface area contributed by atoms with Crippen molar-refractivity contribution in [2.24, 2.45) is 0 Å². The molecule has 0 saturated heterocycles. The molecule has 28 heavy (non-hydrogen) atoms. The molecule has 2 heterocycles. The summed E-state index contributed by atoms with van der Waals surface area (Å²) < 4.78 is 26.1. The Hall–Kier alpha value is -3.01. The highest BCUT2D eigenvalue weighted by atomic mass is 32.1. The van der Waals surface area contributed by atoms with E-state index in [9.17, 15) is 18.7 Å². The fourth-order valence-corrected chi connectivity index (χ4v) is 3.33. The summed E-state index contributed by atoms with van der Waals surface area (Å²) in [5.74, 6) is 0.145. The minimum atomic E-state index is -2.49. The first-order valence-corrected chi connectivity index (χ1v) is 9.22. The molecule has 148 valence electrons. The van der Waals surface area contributed by atoms with Gasteiger partial charge in [-0.2, -0.15) is 5.10 Å². The van der Waals surface area contributed by atoms with Crippen LogP contribution >= 0.6 is 11.3 Å². The molecule has 1 aromatic carbocycles. The van der Waals surface area contributed by atoms with Gasteiger partial charge in [-0.25, -0.2) is 13.8 Å². The van der Waals surface area contributed by atoms with Crippen LogP contribution in [0.15, 0.2) is 24.5 Å². The topological polar surface area (TPSA) is 92.1 Å². The average molecular weight is 407 g/mol. The van der Waals surface area contributed by atoms with Crippen molar-refractivity contribution in [2.75, 3.05) is 10.6 Å². The van der Waals surface area contributed by atoms with Crippen molar-refractivity contribution in [1.82, 2.24) is 14.8 Å². The molecular weight excluding hydrogens is 388 g/mol. The zero-order valence-electron chi connectivity index (χ0n) is 15.5. The second-order valence-electron chi connectivity index (χ2n) is 6.28. The molecule has 0 aliphatic heterocycles. The van der Waals surface area contributed by atoms with Crippen molar-refractivity contribution in [3.8, 4) is 5.75 Å². The lowest BCUT2D eigenvalue weighted by Gasteiger charge is -2.11. The molecule has 0 spiro atoms. The molecule has 0 bridgehead atoms. The predicted octanol–water partition coefficient (Wildman–Crippen LogP) is 4.23. The first kappa shape index (κ1) is 19.7. The number of carbonyl (C=O) groups excluding carboxylic acids is 1. The third-order valence-corrected chi connectivity index (χ3v) is 5.02. The maximum absolute atomic E-state index is 12.5. The van der Waals surface area contributed by atoms with E-state index in [4.69, 9.17) is 0 Å². The van der Waals surface area contributed by atoms with E-state index in [1.165, 1.54) is 12.4 Å². The van der Waals surface area contributed by atoms with Crippen molar-refractivity contribution >= 4 is 33.9 Å². The van der Waals surface area contributed by atoms with E-state index in [1.54, 1.807) is 26.0 Å². The molecular formula is C18H19F2N5O2S. The SMILES string of the molecule is Cc1cn(CC(F)F)nc1Nc1ncc(C(=O)Nc2c(C)ccc(O)c2C)s1. The minimum absolute atomic E-state index is 0.0995. The molecule has 10 heteroatoms. The fourth-order valence-electron chi connectivity index (χ4n) is 2.62. The number of carbonyl (C=O) groups is 1. The molecule has 3 rings (SSSR count). The van der Waals surface area contributed by atoms with Crippen molar-refractivity contribution in [3.05, 3.63) is 46.1 Å². The Labute approximate surface area is 164 Å². The Morgan fingerprint density at radius 1 is 1.29 bits per heavy atom. The lowest BCUT2D eigenvalue weighted by molar-refractivity contribution is 0.103. The monoisotopic (exact) mass is 407 g/mol. The Kier molecular flexibility index (Phi) is 5.59. The number of nitrogens with one attached hydrogen (secondary N) is 2. The molecule has 1 amide bonds. The first-order chi connectivity index (χ1) is 13.2. The Balaban J connectivity index is 1.73. The summed E-state index contributed by atoms with van der Waals surface area (Å²) >= 11 is 1.11. The smallest absolute Gasteiger partial charge is 0.267 e. The number of halogens is 2. The summed E-state index contributed by atoms with van der Waals surface area (Å²) in [7, 11) is 0. The van der Waals surface area contributed by atoms with E-state index in [-0.39, 0.29) is 11.7 Å². The number of phenols is 1. The molecule has 0 fully saturated rings. The van der Waals surface area contributed by atoms with Crippen LogP contribution in [-0.4, -0.2) is 32.2 Å². The first-order valence-electron chi connectivity index (χ1n) is 8.40. The van der Waals surface area contributed by atoms with Crippen LogP contribution in [0, 0.1) is 20.8 Å². The van der Waals surface area contributed by atoms with Crippen molar-refractivity contribution in [1.29, 1.82) is 0 Å². The second-order valence-corrected chi connectivity index (χ2v) is 7.31. The number of hydrogen-bond acceptors (Lipinski definition) is 6. The van der Waals surface area contributed by atoms with Gasteiger partial charge in [0.15, 0.2) is 10.9 Å². The maximum atomic E-state index is 12.5. The Bertz CT molecular complexity index is 1020. The third kappa shape index (κ3) is 4.28. The number of rotatable bonds is 6. The van der Waals surface area contributed by atoms with E-state index < -0.39 is 13.0 Å². The molecule has 0 atom stereocenters. The van der Waals surface area contributed by atoms with Crippen LogP contribution in [-0.2, 0) is 6.54 Å². The number of hydrogen-bond donors (Lipinski definition) is 3. The molecule has 0 aliphatic carbocycles. The third-order valence-electron chi connectivity index (χ3n) is 4.11. The number of anilines is 3. The quantitative estimate of drug-likeness (QED) is 0.569. The van der Waals surface area contributed by atoms with Gasteiger partial charge in [-0.3, -0.25) is 9.48 Å². The van der Waals surface area contributed by atoms with Gasteiger partial charge in [0.1, 0.15) is 17.2 Å². The molecule has 7 nitrogen and oxygen atoms in total. The van der Waals surface area contributed by atoms with Gasteiger partial charge < -0.3 is 15.7 Å². The van der Waals surface area contributed by atoms with Gasteiger partial charge in [0.05, 0.1) is 11.9 Å². The number of amides is 1. The summed E-state index contributed by atoms with van der Waals surface area (Å²) in [6.07, 6.45) is 0.441. The van der Waals surface area contributed by atoms with Crippen LogP contribution < -0.4 is 10.6 Å². The number of aromatic nitrogens is 3. The lowest BCUT2D eigenvalue weighted by atomic mass is 10.1. The summed E-state index contributed by atoms with van der Waals surface area (Å²) in [5, 5.41) is 20.1. The van der Waals surface area contributed by atoms with Crippen LogP contribution in [0.25, 0.3) is 0 Å². The Morgan fingerprint density at radius 3 is 2.75 bits per heavy atom. The van der Waals surface area contributed by atoms with Gasteiger partial charge >= 0.3 is 0 Å². The average Bonchev–Trinajstić information content (AvgIpc) is 3.22. The molecule has 2 aromatic heterocycles. The molecule has 0 saturated carbocycles. The minimum Gasteiger partial charge on any atom is -0.508 e. The van der Waals surface area contributed by atoms with Crippen molar-refractivity contribution < 1.29 is 18.7 Å². The van der Waals surface area contributed by atoms with Crippen molar-refractivity contribution in [3.63, 3.8) is 0 Å². The number of phenolic OH excluding ortho intramolecular Hbond substituents is 1. The molecule has 3 N–H and O–H groups in total. The largest absolute Gasteiger partial charge is 0.508 e. The highest BCUT2D eigenvalue weighted by Gasteiger charge is 2.16. The number of aryl methyl sites for hydroxylation is 2. The van der Waals surface area contributed by atoms with Gasteiger partial charge in [-0.05, 0) is 32.4 Å². The molecule has 0 unspecified atom stereocenters. The maximum Gasteiger partial charge on any atom is 0.267 e. The zero-order valence-corrected chi connectivity index (χ0v) is 16.3. The highest BCUT2D eigenvalue weighted by Crippen LogP contribution is 2.29. The number of aromatic hydroxyl groups is 1. The van der Waals surface area contributed by atoms with E-state index in [2.05, 4.69) is 20.7 Å². The van der Waals surface area contributed by atoms with Gasteiger partial charge in [-0.15, -0.1) is 0 Å². The highest BCUT2D eigenvalue weighted by molar-refractivity contribution is 7.17. The van der Waals surface area contributed by atoms with Crippen LogP contribution in [0.3, 0.4) is 0 Å². The molecule has 0 aliphatic rings. The van der Waals surface area contributed by atoms with Crippen molar-refractivity contribution in [2.45, 2.75) is 33.7 Å². The summed E-state index contributed by atoms with van der Waals surface area (Å²) in [4.78, 5) is 17.0. The summed E-state index contributed by atoms with van der Waals surface area (Å²) in [6, 6.07) is 3.29. The zero-order chi connectivity index (χ0) is 20.4. The number of nitrogens with zero attached hydrogens (tertiary/aromatic N) is 3. The summed E-state index contributed by atoms with van der Waals surface area (Å²) in [6.45, 7) is 4.80. The van der Waals surface area contributed by atoms with E-state index >= 15 is 0 Å². The normalized spacial score (nSPS) is 11.1. The predicted molar refractivity (Wildman–Crippen MR) is 104 cm³/mol.